The molecule has 0 saturated carbocycles. The average Bonchev–Trinajstić information content (AvgIpc) is 3.43. The van der Waals surface area contributed by atoms with Crippen LogP contribution in [0.25, 0.3) is 11.0 Å². The minimum atomic E-state index is -0.600. The highest BCUT2D eigenvalue weighted by molar-refractivity contribution is 8.00. The van der Waals surface area contributed by atoms with Gasteiger partial charge in [-0.3, -0.25) is 9.59 Å². The molecule has 1 atom stereocenters. The number of aliphatic hydroxyl groups excluding tert-OH is 1. The van der Waals surface area contributed by atoms with Crippen LogP contribution in [0.3, 0.4) is 0 Å². The number of fused-ring (bicyclic) bond motifs is 2. The van der Waals surface area contributed by atoms with Crippen molar-refractivity contribution in [2.24, 2.45) is 0 Å². The molecule has 3 heterocycles. The van der Waals surface area contributed by atoms with Crippen LogP contribution in [0.2, 0.25) is 0 Å². The number of ether oxygens (including phenoxy) is 1. The number of thiophene rings is 1. The first-order chi connectivity index (χ1) is 15.4. The van der Waals surface area contributed by atoms with Gasteiger partial charge in [-0.25, -0.2) is 14.5 Å². The highest BCUT2D eigenvalue weighted by Crippen LogP contribution is 2.40. The predicted molar refractivity (Wildman–Crippen MR) is 121 cm³/mol. The number of rotatable bonds is 8. The Morgan fingerprint density at radius 2 is 2.25 bits per heavy atom. The molecule has 0 spiro atoms. The summed E-state index contributed by atoms with van der Waals surface area (Å²) in [6.07, 6.45) is 4.07. The van der Waals surface area contributed by atoms with Crippen molar-refractivity contribution in [3.8, 4) is 0 Å². The molecule has 0 aliphatic heterocycles. The lowest BCUT2D eigenvalue weighted by atomic mass is 10.1. The minimum absolute atomic E-state index is 0.139. The van der Waals surface area contributed by atoms with E-state index in [2.05, 4.69) is 20.4 Å². The third kappa shape index (κ3) is 4.30. The molecule has 1 aliphatic rings. The van der Waals surface area contributed by atoms with E-state index >= 15 is 0 Å². The van der Waals surface area contributed by atoms with Gasteiger partial charge in [0.15, 0.2) is 10.8 Å². The van der Waals surface area contributed by atoms with Crippen molar-refractivity contribution in [2.75, 3.05) is 18.5 Å². The second-order valence-corrected chi connectivity index (χ2v) is 9.67. The molecule has 32 heavy (non-hydrogen) atoms. The van der Waals surface area contributed by atoms with E-state index in [1.807, 2.05) is 0 Å². The largest absolute Gasteiger partial charge is 0.462 e. The molecule has 12 heteroatoms. The Kier molecular flexibility index (Phi) is 6.63. The number of thioether (sulfide) groups is 1. The van der Waals surface area contributed by atoms with Crippen LogP contribution in [0.5, 0.6) is 0 Å². The molecule has 0 aromatic carbocycles. The monoisotopic (exact) mass is 477 g/mol. The topological polar surface area (TPSA) is 139 Å². The van der Waals surface area contributed by atoms with Crippen molar-refractivity contribution in [1.82, 2.24) is 19.7 Å². The fourth-order valence-corrected chi connectivity index (χ4v) is 5.68. The van der Waals surface area contributed by atoms with E-state index in [9.17, 15) is 14.4 Å². The summed E-state index contributed by atoms with van der Waals surface area (Å²) in [7, 11) is 0. The van der Waals surface area contributed by atoms with Crippen LogP contribution >= 0.6 is 23.1 Å². The van der Waals surface area contributed by atoms with Crippen LogP contribution in [0.1, 0.15) is 41.1 Å². The van der Waals surface area contributed by atoms with Crippen molar-refractivity contribution in [3.63, 3.8) is 0 Å². The second-order valence-electron chi connectivity index (χ2n) is 7.23. The SMILES string of the molecule is CCOC(=O)c1c(NC(=O)[C@H](C)Sc2nc3c(cnn3CCO)c(=O)[nH]2)sc2c1CCC2. The number of aromatic amines is 1. The summed E-state index contributed by atoms with van der Waals surface area (Å²) < 4.78 is 6.65. The maximum absolute atomic E-state index is 12.9. The Morgan fingerprint density at radius 3 is 3.00 bits per heavy atom. The number of hydrogen-bond acceptors (Lipinski definition) is 9. The fourth-order valence-electron chi connectivity index (χ4n) is 3.61. The van der Waals surface area contributed by atoms with Gasteiger partial charge in [-0.2, -0.15) is 5.10 Å². The average molecular weight is 478 g/mol. The number of carbonyl (C=O) groups excluding carboxylic acids is 2. The molecule has 4 rings (SSSR count). The van der Waals surface area contributed by atoms with Crippen LogP contribution in [0.4, 0.5) is 5.00 Å². The third-order valence-corrected chi connectivity index (χ3v) is 7.28. The molecule has 0 fully saturated rings. The van der Waals surface area contributed by atoms with Gasteiger partial charge in [-0.05, 0) is 38.7 Å². The molecule has 0 saturated heterocycles. The van der Waals surface area contributed by atoms with Gasteiger partial charge in [0.2, 0.25) is 5.91 Å². The summed E-state index contributed by atoms with van der Waals surface area (Å²) in [6, 6.07) is 0. The van der Waals surface area contributed by atoms with E-state index in [4.69, 9.17) is 9.84 Å². The van der Waals surface area contributed by atoms with Crippen molar-refractivity contribution in [1.29, 1.82) is 0 Å². The first kappa shape index (κ1) is 22.5. The van der Waals surface area contributed by atoms with Crippen LogP contribution in [0, 0.1) is 0 Å². The van der Waals surface area contributed by atoms with Crippen molar-refractivity contribution < 1.29 is 19.4 Å². The summed E-state index contributed by atoms with van der Waals surface area (Å²) in [4.78, 5) is 45.9. The summed E-state index contributed by atoms with van der Waals surface area (Å²) >= 11 is 2.51. The Bertz CT molecular complexity index is 1230. The van der Waals surface area contributed by atoms with Gasteiger partial charge in [0, 0.05) is 4.88 Å². The first-order valence-corrected chi connectivity index (χ1v) is 12.0. The number of aliphatic hydroxyl groups is 1. The quantitative estimate of drug-likeness (QED) is 0.254. The molecule has 1 amide bonds. The molecule has 3 N–H and O–H groups in total. The lowest BCUT2D eigenvalue weighted by Crippen LogP contribution is -2.24. The van der Waals surface area contributed by atoms with Gasteiger partial charge in [0.05, 0.1) is 36.8 Å². The zero-order valence-corrected chi connectivity index (χ0v) is 19.3. The molecule has 10 nitrogen and oxygen atoms in total. The smallest absolute Gasteiger partial charge is 0.341 e. The summed E-state index contributed by atoms with van der Waals surface area (Å²) in [5, 5.41) is 16.6. The van der Waals surface area contributed by atoms with E-state index in [1.54, 1.807) is 13.8 Å². The van der Waals surface area contributed by atoms with Gasteiger partial charge >= 0.3 is 5.97 Å². The zero-order valence-electron chi connectivity index (χ0n) is 17.6. The van der Waals surface area contributed by atoms with Gasteiger partial charge in [0.1, 0.15) is 10.4 Å². The number of aryl methyl sites for hydroxylation is 1. The number of anilines is 1. The lowest BCUT2D eigenvalue weighted by Gasteiger charge is -2.12. The van der Waals surface area contributed by atoms with E-state index in [1.165, 1.54) is 22.2 Å². The van der Waals surface area contributed by atoms with Crippen LogP contribution in [-0.4, -0.2) is 55.2 Å². The number of amides is 1. The maximum atomic E-state index is 12.9. The Hall–Kier alpha value is -2.70. The molecular weight excluding hydrogens is 454 g/mol. The Balaban J connectivity index is 1.54. The summed E-state index contributed by atoms with van der Waals surface area (Å²) in [5.74, 6) is -0.733. The highest BCUT2D eigenvalue weighted by atomic mass is 32.2. The van der Waals surface area contributed by atoms with Crippen LogP contribution in [-0.2, 0) is 28.9 Å². The van der Waals surface area contributed by atoms with Crippen LogP contribution < -0.4 is 10.9 Å². The van der Waals surface area contributed by atoms with Gasteiger partial charge < -0.3 is 20.1 Å². The predicted octanol–water partition coefficient (Wildman–Crippen LogP) is 1.96. The lowest BCUT2D eigenvalue weighted by molar-refractivity contribution is -0.115. The number of aromatic nitrogens is 4. The third-order valence-electron chi connectivity index (χ3n) is 5.09. The number of H-pyrrole nitrogens is 1. The van der Waals surface area contributed by atoms with Crippen molar-refractivity contribution in [3.05, 3.63) is 32.6 Å². The molecular formula is C20H23N5O5S2. The second kappa shape index (κ2) is 9.43. The van der Waals surface area contributed by atoms with E-state index < -0.39 is 11.2 Å². The Morgan fingerprint density at radius 1 is 1.44 bits per heavy atom. The highest BCUT2D eigenvalue weighted by Gasteiger charge is 2.29. The van der Waals surface area contributed by atoms with Crippen molar-refractivity contribution in [2.45, 2.75) is 50.1 Å². The summed E-state index contributed by atoms with van der Waals surface area (Å²) in [6.45, 7) is 3.77. The van der Waals surface area contributed by atoms with Gasteiger partial charge in [-0.1, -0.05) is 11.8 Å². The maximum Gasteiger partial charge on any atom is 0.341 e. The Labute approximate surface area is 191 Å². The minimum Gasteiger partial charge on any atom is -0.462 e. The first-order valence-electron chi connectivity index (χ1n) is 10.3. The van der Waals surface area contributed by atoms with E-state index in [-0.39, 0.29) is 36.4 Å². The zero-order chi connectivity index (χ0) is 22.8. The molecule has 0 radical (unpaired) electrons. The number of nitrogens with one attached hydrogen (secondary N) is 2. The van der Waals surface area contributed by atoms with Gasteiger partial charge in [0.25, 0.3) is 5.56 Å². The fraction of sp³-hybridized carbons (Fsp3) is 0.450. The summed E-state index contributed by atoms with van der Waals surface area (Å²) in [5.41, 5.74) is 1.40. The van der Waals surface area contributed by atoms with Crippen LogP contribution in [0.15, 0.2) is 16.1 Å². The van der Waals surface area contributed by atoms with E-state index in [0.717, 1.165) is 41.5 Å². The molecule has 0 unspecified atom stereocenters. The van der Waals surface area contributed by atoms with Gasteiger partial charge in [-0.15, -0.1) is 11.3 Å². The number of hydrogen-bond donors (Lipinski definition) is 3. The number of nitrogens with zero attached hydrogens (tertiary/aromatic N) is 3. The number of carbonyl (C=O) groups is 2. The molecule has 170 valence electrons. The van der Waals surface area contributed by atoms with E-state index in [0.29, 0.717) is 21.6 Å². The number of esters is 1. The van der Waals surface area contributed by atoms with Crippen molar-refractivity contribution >= 4 is 51.0 Å². The normalized spacial score (nSPS) is 13.8. The molecule has 3 aromatic heterocycles. The standard InChI is InChI=1S/C20H23N5O5S2/c1-3-30-19(29)14-11-5-4-6-13(11)32-18(14)23-16(27)10(2)31-20-22-15-12(17(28)24-20)9-21-25(15)7-8-26/h9-10,26H,3-8H2,1-2H3,(H,23,27)(H,22,24,28)/t10-/m0/s1. The molecule has 0 bridgehead atoms. The molecule has 3 aromatic rings. The molecule has 1 aliphatic carbocycles.